The van der Waals surface area contributed by atoms with Crippen molar-refractivity contribution in [3.8, 4) is 17.2 Å². The molecule has 0 saturated carbocycles. The van der Waals surface area contributed by atoms with E-state index in [0.29, 0.717) is 5.75 Å². The summed E-state index contributed by atoms with van der Waals surface area (Å²) in [5.74, 6) is 1.44. The molecule has 0 aliphatic heterocycles. The minimum atomic E-state index is 0.162. The number of benzene rings is 2. The quantitative estimate of drug-likeness (QED) is 0.842. The Labute approximate surface area is 108 Å². The molecule has 82 valence electrons. The topological polar surface area (TPSA) is 29.5 Å². The van der Waals surface area contributed by atoms with Gasteiger partial charge in [0.05, 0.1) is 3.57 Å². The first kappa shape index (κ1) is 11.3. The van der Waals surface area contributed by atoms with E-state index in [1.807, 2.05) is 37.3 Å². The van der Waals surface area contributed by atoms with Gasteiger partial charge in [-0.3, -0.25) is 0 Å². The van der Waals surface area contributed by atoms with E-state index in [4.69, 9.17) is 4.74 Å². The first-order valence-corrected chi connectivity index (χ1v) is 5.97. The minimum Gasteiger partial charge on any atom is -0.504 e. The number of hydrogen-bond acceptors (Lipinski definition) is 2. The maximum atomic E-state index is 9.71. The normalized spacial score (nSPS) is 10.1. The van der Waals surface area contributed by atoms with Gasteiger partial charge in [0.1, 0.15) is 5.75 Å². The van der Waals surface area contributed by atoms with Crippen molar-refractivity contribution in [2.45, 2.75) is 6.92 Å². The minimum absolute atomic E-state index is 0.162. The molecule has 0 aromatic heterocycles. The predicted molar refractivity (Wildman–Crippen MR) is 72.1 cm³/mol. The Hall–Kier alpha value is -1.23. The van der Waals surface area contributed by atoms with Crippen LogP contribution in [0.2, 0.25) is 0 Å². The van der Waals surface area contributed by atoms with Crippen molar-refractivity contribution in [3.05, 3.63) is 51.6 Å². The highest BCUT2D eigenvalue weighted by molar-refractivity contribution is 14.1. The van der Waals surface area contributed by atoms with Crippen LogP contribution in [0.4, 0.5) is 0 Å². The fourth-order valence-electron chi connectivity index (χ4n) is 1.38. The zero-order valence-corrected chi connectivity index (χ0v) is 10.9. The maximum Gasteiger partial charge on any atom is 0.182 e. The van der Waals surface area contributed by atoms with Gasteiger partial charge >= 0.3 is 0 Å². The van der Waals surface area contributed by atoms with Crippen molar-refractivity contribution < 1.29 is 9.84 Å². The van der Waals surface area contributed by atoms with Gasteiger partial charge in [0.2, 0.25) is 0 Å². The third-order valence-corrected chi connectivity index (χ3v) is 3.10. The second-order valence-corrected chi connectivity index (χ2v) is 4.62. The molecule has 2 rings (SSSR count). The van der Waals surface area contributed by atoms with Gasteiger partial charge in [-0.05, 0) is 53.3 Å². The summed E-state index contributed by atoms with van der Waals surface area (Å²) in [6.07, 6.45) is 0. The van der Waals surface area contributed by atoms with E-state index < -0.39 is 0 Å². The SMILES string of the molecule is Cc1ccccc1Oc1c(O)cccc1I. The fourth-order valence-corrected chi connectivity index (χ4v) is 1.97. The first-order chi connectivity index (χ1) is 7.68. The third kappa shape index (κ3) is 2.29. The Balaban J connectivity index is 2.38. The summed E-state index contributed by atoms with van der Waals surface area (Å²) in [5, 5.41) is 9.71. The number of para-hydroxylation sites is 2. The molecule has 0 fully saturated rings. The summed E-state index contributed by atoms with van der Waals surface area (Å²) in [6.45, 7) is 1.97. The van der Waals surface area contributed by atoms with E-state index in [-0.39, 0.29) is 5.75 Å². The average Bonchev–Trinajstić information content (AvgIpc) is 2.26. The first-order valence-electron chi connectivity index (χ1n) is 4.89. The van der Waals surface area contributed by atoms with Crippen LogP contribution in [0.15, 0.2) is 42.5 Å². The molecule has 2 aromatic rings. The zero-order valence-electron chi connectivity index (χ0n) is 8.77. The average molecular weight is 326 g/mol. The number of aryl methyl sites for hydroxylation is 1. The predicted octanol–water partition coefficient (Wildman–Crippen LogP) is 4.10. The largest absolute Gasteiger partial charge is 0.504 e. The van der Waals surface area contributed by atoms with Gasteiger partial charge in [0, 0.05) is 0 Å². The molecule has 0 saturated heterocycles. The van der Waals surface area contributed by atoms with Gasteiger partial charge in [0.25, 0.3) is 0 Å². The highest BCUT2D eigenvalue weighted by atomic mass is 127. The molecular weight excluding hydrogens is 315 g/mol. The molecule has 0 spiro atoms. The third-order valence-electron chi connectivity index (χ3n) is 2.25. The van der Waals surface area contributed by atoms with Crippen LogP contribution in [-0.4, -0.2) is 5.11 Å². The Morgan fingerprint density at radius 2 is 1.81 bits per heavy atom. The number of phenolic OH excluding ortho intramolecular Hbond substituents is 1. The van der Waals surface area contributed by atoms with Crippen molar-refractivity contribution >= 4 is 22.6 Å². The van der Waals surface area contributed by atoms with Crippen molar-refractivity contribution in [2.75, 3.05) is 0 Å². The standard InChI is InChI=1S/C13H11IO2/c1-9-5-2-3-8-12(9)16-13-10(14)6-4-7-11(13)15/h2-8,15H,1H3. The van der Waals surface area contributed by atoms with Crippen LogP contribution in [-0.2, 0) is 0 Å². The van der Waals surface area contributed by atoms with Gasteiger partial charge in [-0.15, -0.1) is 0 Å². The molecule has 2 nitrogen and oxygen atoms in total. The summed E-state index contributed by atoms with van der Waals surface area (Å²) >= 11 is 2.14. The lowest BCUT2D eigenvalue weighted by atomic mass is 10.2. The van der Waals surface area contributed by atoms with Crippen molar-refractivity contribution in [1.82, 2.24) is 0 Å². The monoisotopic (exact) mass is 326 g/mol. The summed E-state index contributed by atoms with van der Waals surface area (Å²) in [4.78, 5) is 0. The van der Waals surface area contributed by atoms with Gasteiger partial charge in [-0.2, -0.15) is 0 Å². The highest BCUT2D eigenvalue weighted by Crippen LogP contribution is 2.35. The van der Waals surface area contributed by atoms with Crippen LogP contribution < -0.4 is 4.74 Å². The highest BCUT2D eigenvalue weighted by Gasteiger charge is 2.09. The molecule has 0 aliphatic carbocycles. The Morgan fingerprint density at radius 3 is 2.50 bits per heavy atom. The molecule has 3 heteroatoms. The molecular formula is C13H11IO2. The lowest BCUT2D eigenvalue weighted by molar-refractivity contribution is 0.407. The van der Waals surface area contributed by atoms with E-state index in [9.17, 15) is 5.11 Å². The lowest BCUT2D eigenvalue weighted by Gasteiger charge is -2.11. The van der Waals surface area contributed by atoms with Crippen molar-refractivity contribution in [1.29, 1.82) is 0 Å². The number of ether oxygens (including phenoxy) is 1. The van der Waals surface area contributed by atoms with Crippen LogP contribution in [0.1, 0.15) is 5.56 Å². The second kappa shape index (κ2) is 4.74. The number of rotatable bonds is 2. The number of halogens is 1. The molecule has 0 atom stereocenters. The maximum absolute atomic E-state index is 9.71. The molecule has 0 heterocycles. The van der Waals surface area contributed by atoms with Gasteiger partial charge in [-0.1, -0.05) is 24.3 Å². The van der Waals surface area contributed by atoms with E-state index in [0.717, 1.165) is 14.9 Å². The van der Waals surface area contributed by atoms with Gasteiger partial charge < -0.3 is 9.84 Å². The molecule has 0 aliphatic rings. The van der Waals surface area contributed by atoms with E-state index in [1.54, 1.807) is 12.1 Å². The number of hydrogen-bond donors (Lipinski definition) is 1. The Morgan fingerprint density at radius 1 is 1.06 bits per heavy atom. The van der Waals surface area contributed by atoms with Crippen LogP contribution in [0.5, 0.6) is 17.2 Å². The zero-order chi connectivity index (χ0) is 11.5. The fraction of sp³-hybridized carbons (Fsp3) is 0.0769. The Kier molecular flexibility index (Phi) is 3.33. The van der Waals surface area contributed by atoms with E-state index in [2.05, 4.69) is 22.6 Å². The number of aromatic hydroxyl groups is 1. The van der Waals surface area contributed by atoms with E-state index >= 15 is 0 Å². The summed E-state index contributed by atoms with van der Waals surface area (Å²) in [6, 6.07) is 13.0. The van der Waals surface area contributed by atoms with Crippen LogP contribution in [0.25, 0.3) is 0 Å². The van der Waals surface area contributed by atoms with Crippen LogP contribution in [0.3, 0.4) is 0 Å². The molecule has 0 unspecified atom stereocenters. The Bertz CT molecular complexity index is 489. The van der Waals surface area contributed by atoms with Gasteiger partial charge in [-0.25, -0.2) is 0 Å². The van der Waals surface area contributed by atoms with Crippen LogP contribution >= 0.6 is 22.6 Å². The smallest absolute Gasteiger partial charge is 0.182 e. The molecule has 0 amide bonds. The van der Waals surface area contributed by atoms with E-state index in [1.165, 1.54) is 0 Å². The van der Waals surface area contributed by atoms with Crippen molar-refractivity contribution in [2.24, 2.45) is 0 Å². The molecule has 0 radical (unpaired) electrons. The molecule has 16 heavy (non-hydrogen) atoms. The molecule has 2 aromatic carbocycles. The summed E-state index contributed by atoms with van der Waals surface area (Å²) in [7, 11) is 0. The molecule has 1 N–H and O–H groups in total. The van der Waals surface area contributed by atoms with Gasteiger partial charge in [0.15, 0.2) is 11.5 Å². The molecule has 0 bridgehead atoms. The van der Waals surface area contributed by atoms with Crippen molar-refractivity contribution in [3.63, 3.8) is 0 Å². The summed E-state index contributed by atoms with van der Waals surface area (Å²) in [5.41, 5.74) is 1.04. The van der Waals surface area contributed by atoms with Crippen LogP contribution in [0, 0.1) is 10.5 Å². The lowest BCUT2D eigenvalue weighted by Crippen LogP contribution is -1.90. The summed E-state index contributed by atoms with van der Waals surface area (Å²) < 4.78 is 6.60. The number of phenols is 1. The second-order valence-electron chi connectivity index (χ2n) is 3.46.